The largest absolute Gasteiger partial charge is 0.324 e. The van der Waals surface area contributed by atoms with Gasteiger partial charge in [-0.05, 0) is 32.4 Å². The molecule has 1 saturated carbocycles. The van der Waals surface area contributed by atoms with Gasteiger partial charge in [-0.1, -0.05) is 29.8 Å². The molecule has 0 amide bonds. The Balaban J connectivity index is 1.90. The molecule has 1 aliphatic carbocycles. The first-order valence-electron chi connectivity index (χ1n) is 5.60. The van der Waals surface area contributed by atoms with Gasteiger partial charge < -0.3 is 10.6 Å². The first kappa shape index (κ1) is 10.7. The van der Waals surface area contributed by atoms with Crippen molar-refractivity contribution in [2.45, 2.75) is 31.8 Å². The van der Waals surface area contributed by atoms with Gasteiger partial charge in [0, 0.05) is 18.6 Å². The van der Waals surface area contributed by atoms with E-state index in [0.717, 1.165) is 13.1 Å². The fourth-order valence-electron chi connectivity index (χ4n) is 2.03. The summed E-state index contributed by atoms with van der Waals surface area (Å²) < 4.78 is 0. The van der Waals surface area contributed by atoms with Gasteiger partial charge in [-0.15, -0.1) is 0 Å². The van der Waals surface area contributed by atoms with Crippen LogP contribution in [0, 0.1) is 6.92 Å². The van der Waals surface area contributed by atoms with Crippen molar-refractivity contribution in [1.82, 2.24) is 4.90 Å². The molecule has 0 heterocycles. The maximum absolute atomic E-state index is 6.09. The Morgan fingerprint density at radius 3 is 2.73 bits per heavy atom. The number of hydrogen-bond acceptors (Lipinski definition) is 2. The fraction of sp³-hybridized carbons (Fsp3) is 0.538. The van der Waals surface area contributed by atoms with Crippen LogP contribution < -0.4 is 5.73 Å². The van der Waals surface area contributed by atoms with Crippen LogP contribution in [0.25, 0.3) is 0 Å². The van der Waals surface area contributed by atoms with E-state index in [9.17, 15) is 0 Å². The molecule has 2 rings (SSSR count). The number of nitrogens with two attached hydrogens (primary N) is 1. The van der Waals surface area contributed by atoms with E-state index in [4.69, 9.17) is 5.73 Å². The minimum Gasteiger partial charge on any atom is -0.324 e. The van der Waals surface area contributed by atoms with Gasteiger partial charge in [0.1, 0.15) is 0 Å². The van der Waals surface area contributed by atoms with Crippen LogP contribution in [0.4, 0.5) is 0 Å². The summed E-state index contributed by atoms with van der Waals surface area (Å²) in [7, 11) is 2.15. The number of rotatable bonds is 4. The maximum atomic E-state index is 6.09. The zero-order chi connectivity index (χ0) is 10.9. The van der Waals surface area contributed by atoms with Gasteiger partial charge in [0.15, 0.2) is 0 Å². The third-order valence-corrected chi connectivity index (χ3v) is 3.01. The van der Waals surface area contributed by atoms with Gasteiger partial charge in [-0.25, -0.2) is 0 Å². The van der Waals surface area contributed by atoms with E-state index in [1.165, 1.54) is 24.0 Å². The van der Waals surface area contributed by atoms with E-state index in [-0.39, 0.29) is 5.54 Å². The lowest BCUT2D eigenvalue weighted by atomic mass is 10.1. The molecule has 15 heavy (non-hydrogen) atoms. The Bertz CT molecular complexity index is 342. The van der Waals surface area contributed by atoms with Crippen molar-refractivity contribution in [3.05, 3.63) is 35.4 Å². The second-order valence-corrected chi connectivity index (χ2v) is 5.02. The Morgan fingerprint density at radius 1 is 1.40 bits per heavy atom. The fourth-order valence-corrected chi connectivity index (χ4v) is 2.03. The minimum absolute atomic E-state index is 0.124. The van der Waals surface area contributed by atoms with Crippen LogP contribution in [0.1, 0.15) is 24.0 Å². The molecule has 1 aromatic rings. The molecule has 0 bridgehead atoms. The number of nitrogens with zero attached hydrogens (tertiary/aromatic N) is 1. The normalized spacial score (nSPS) is 18.1. The third kappa shape index (κ3) is 3.05. The molecule has 0 spiro atoms. The zero-order valence-corrected chi connectivity index (χ0v) is 9.66. The molecule has 0 unspecified atom stereocenters. The number of hydrogen-bond donors (Lipinski definition) is 1. The van der Waals surface area contributed by atoms with Gasteiger partial charge in [-0.2, -0.15) is 0 Å². The van der Waals surface area contributed by atoms with Crippen molar-refractivity contribution in [3.63, 3.8) is 0 Å². The van der Waals surface area contributed by atoms with Crippen LogP contribution in [0.5, 0.6) is 0 Å². The van der Waals surface area contributed by atoms with Crippen molar-refractivity contribution in [2.75, 3.05) is 13.6 Å². The van der Waals surface area contributed by atoms with E-state index in [1.807, 2.05) is 0 Å². The van der Waals surface area contributed by atoms with E-state index in [0.29, 0.717) is 0 Å². The van der Waals surface area contributed by atoms with Crippen molar-refractivity contribution in [3.8, 4) is 0 Å². The second-order valence-electron chi connectivity index (χ2n) is 5.02. The monoisotopic (exact) mass is 204 g/mol. The Morgan fingerprint density at radius 2 is 2.13 bits per heavy atom. The first-order valence-corrected chi connectivity index (χ1v) is 5.60. The summed E-state index contributed by atoms with van der Waals surface area (Å²) >= 11 is 0. The van der Waals surface area contributed by atoms with Gasteiger partial charge >= 0.3 is 0 Å². The van der Waals surface area contributed by atoms with Crippen LogP contribution >= 0.6 is 0 Å². The van der Waals surface area contributed by atoms with Crippen molar-refractivity contribution in [2.24, 2.45) is 5.73 Å². The summed E-state index contributed by atoms with van der Waals surface area (Å²) in [6.45, 7) is 4.15. The molecule has 1 aromatic carbocycles. The predicted octanol–water partition coefficient (Wildman–Crippen LogP) is 1.92. The molecular weight excluding hydrogens is 184 g/mol. The number of likely N-dealkylation sites (N-methyl/N-ethyl adjacent to an activating group) is 1. The van der Waals surface area contributed by atoms with Crippen LogP contribution in [0.3, 0.4) is 0 Å². The molecule has 2 N–H and O–H groups in total. The van der Waals surface area contributed by atoms with Crippen LogP contribution in [-0.2, 0) is 6.54 Å². The summed E-state index contributed by atoms with van der Waals surface area (Å²) in [4.78, 5) is 2.32. The zero-order valence-electron chi connectivity index (χ0n) is 9.66. The maximum Gasteiger partial charge on any atom is 0.0284 e. The highest BCUT2D eigenvalue weighted by atomic mass is 15.1. The van der Waals surface area contributed by atoms with Crippen molar-refractivity contribution >= 4 is 0 Å². The van der Waals surface area contributed by atoms with Gasteiger partial charge in [0.05, 0.1) is 0 Å². The summed E-state index contributed by atoms with van der Waals surface area (Å²) in [5, 5.41) is 0. The van der Waals surface area contributed by atoms with Crippen LogP contribution in [-0.4, -0.2) is 24.0 Å². The summed E-state index contributed by atoms with van der Waals surface area (Å²) in [6.07, 6.45) is 2.37. The van der Waals surface area contributed by atoms with Crippen LogP contribution in [0.2, 0.25) is 0 Å². The standard InChI is InChI=1S/C13H20N2/c1-11-4-3-5-12(8-11)9-15(2)10-13(14)6-7-13/h3-5,8H,6-7,9-10,14H2,1-2H3. The Kier molecular flexibility index (Phi) is 2.81. The molecule has 0 aromatic heterocycles. The number of aryl methyl sites for hydroxylation is 1. The molecule has 2 nitrogen and oxygen atoms in total. The van der Waals surface area contributed by atoms with Crippen molar-refractivity contribution in [1.29, 1.82) is 0 Å². The molecule has 2 heteroatoms. The quantitative estimate of drug-likeness (QED) is 0.812. The molecule has 0 radical (unpaired) electrons. The lowest BCUT2D eigenvalue weighted by Gasteiger charge is -2.20. The molecule has 82 valence electrons. The molecule has 1 aliphatic rings. The summed E-state index contributed by atoms with van der Waals surface area (Å²) in [5.74, 6) is 0. The van der Waals surface area contributed by atoms with E-state index >= 15 is 0 Å². The Hall–Kier alpha value is -0.860. The minimum atomic E-state index is 0.124. The Labute approximate surface area is 92.1 Å². The molecule has 1 fully saturated rings. The first-order chi connectivity index (χ1) is 7.07. The van der Waals surface area contributed by atoms with E-state index in [2.05, 4.69) is 43.1 Å². The van der Waals surface area contributed by atoms with Gasteiger partial charge in [-0.3, -0.25) is 0 Å². The summed E-state index contributed by atoms with van der Waals surface area (Å²) in [5.41, 5.74) is 8.92. The lowest BCUT2D eigenvalue weighted by molar-refractivity contribution is 0.295. The molecule has 0 aliphatic heterocycles. The van der Waals surface area contributed by atoms with Gasteiger partial charge in [0.25, 0.3) is 0 Å². The average molecular weight is 204 g/mol. The van der Waals surface area contributed by atoms with Crippen molar-refractivity contribution < 1.29 is 0 Å². The van der Waals surface area contributed by atoms with Crippen LogP contribution in [0.15, 0.2) is 24.3 Å². The second kappa shape index (κ2) is 3.95. The highest BCUT2D eigenvalue weighted by Gasteiger charge is 2.38. The SMILES string of the molecule is Cc1cccc(CN(C)CC2(N)CC2)c1. The predicted molar refractivity (Wildman–Crippen MR) is 63.7 cm³/mol. The molecule has 0 atom stereocenters. The molecule has 0 saturated heterocycles. The van der Waals surface area contributed by atoms with E-state index in [1.54, 1.807) is 0 Å². The molecular formula is C13H20N2. The highest BCUT2D eigenvalue weighted by molar-refractivity contribution is 5.22. The average Bonchev–Trinajstić information content (AvgIpc) is 2.82. The van der Waals surface area contributed by atoms with Gasteiger partial charge in [0.2, 0.25) is 0 Å². The topological polar surface area (TPSA) is 29.3 Å². The van der Waals surface area contributed by atoms with E-state index < -0.39 is 0 Å². The lowest BCUT2D eigenvalue weighted by Crippen LogP contribution is -2.36. The third-order valence-electron chi connectivity index (χ3n) is 3.01. The number of benzene rings is 1. The summed E-state index contributed by atoms with van der Waals surface area (Å²) in [6, 6.07) is 8.68. The highest BCUT2D eigenvalue weighted by Crippen LogP contribution is 2.32. The smallest absolute Gasteiger partial charge is 0.0284 e.